The van der Waals surface area contributed by atoms with Gasteiger partial charge in [0.25, 0.3) is 0 Å². The largest absolute Gasteiger partial charge is 0.325 e. The molecule has 1 aromatic carbocycles. The van der Waals surface area contributed by atoms with Gasteiger partial charge in [-0.2, -0.15) is 0 Å². The van der Waals surface area contributed by atoms with Crippen LogP contribution in [0.2, 0.25) is 0 Å². The SMILES string of the molecule is CC(=O)c1ccccc1NC(=O)CSc1nc(C)cs1. The van der Waals surface area contributed by atoms with Gasteiger partial charge < -0.3 is 5.32 Å². The molecule has 0 bridgehead atoms. The van der Waals surface area contributed by atoms with Crippen molar-refractivity contribution in [3.05, 3.63) is 40.9 Å². The van der Waals surface area contributed by atoms with E-state index in [0.717, 1.165) is 10.0 Å². The van der Waals surface area contributed by atoms with Crippen LogP contribution in [0.4, 0.5) is 5.69 Å². The first-order chi connectivity index (χ1) is 9.56. The minimum atomic E-state index is -0.142. The Morgan fingerprint density at radius 2 is 2.10 bits per heavy atom. The number of hydrogen-bond donors (Lipinski definition) is 1. The molecule has 1 N–H and O–H groups in total. The van der Waals surface area contributed by atoms with Gasteiger partial charge in [-0.25, -0.2) is 4.98 Å². The first-order valence-electron chi connectivity index (χ1n) is 6.01. The summed E-state index contributed by atoms with van der Waals surface area (Å²) in [5.41, 5.74) is 2.04. The Hall–Kier alpha value is -1.66. The van der Waals surface area contributed by atoms with Crippen LogP contribution in [-0.2, 0) is 4.79 Å². The van der Waals surface area contributed by atoms with E-state index in [1.165, 1.54) is 30.0 Å². The van der Waals surface area contributed by atoms with Crippen LogP contribution in [0.25, 0.3) is 0 Å². The Kier molecular flexibility index (Phi) is 4.92. The average Bonchev–Trinajstić information content (AvgIpc) is 2.83. The van der Waals surface area contributed by atoms with Crippen molar-refractivity contribution in [1.82, 2.24) is 4.98 Å². The molecule has 2 aromatic rings. The number of para-hydroxylation sites is 1. The number of amides is 1. The summed E-state index contributed by atoms with van der Waals surface area (Å²) in [6.07, 6.45) is 0. The summed E-state index contributed by atoms with van der Waals surface area (Å²) < 4.78 is 0.873. The molecule has 0 radical (unpaired) electrons. The minimum Gasteiger partial charge on any atom is -0.325 e. The number of carbonyl (C=O) groups excluding carboxylic acids is 2. The zero-order valence-electron chi connectivity index (χ0n) is 11.2. The molecule has 0 saturated carbocycles. The number of ketones is 1. The van der Waals surface area contributed by atoms with Crippen molar-refractivity contribution >= 4 is 40.5 Å². The lowest BCUT2D eigenvalue weighted by Crippen LogP contribution is -2.16. The standard InChI is InChI=1S/C14H14N2O2S2/c1-9-7-19-14(15-9)20-8-13(18)16-12-6-4-3-5-11(12)10(2)17/h3-7H,8H2,1-2H3,(H,16,18). The zero-order chi connectivity index (χ0) is 14.5. The lowest BCUT2D eigenvalue weighted by Gasteiger charge is -2.08. The average molecular weight is 306 g/mol. The Morgan fingerprint density at radius 3 is 2.75 bits per heavy atom. The summed E-state index contributed by atoms with van der Waals surface area (Å²) in [6, 6.07) is 7.00. The van der Waals surface area contributed by atoms with Crippen molar-refractivity contribution in [2.75, 3.05) is 11.1 Å². The number of thiazole rings is 1. The monoisotopic (exact) mass is 306 g/mol. The third kappa shape index (κ3) is 3.91. The zero-order valence-corrected chi connectivity index (χ0v) is 12.8. The summed E-state index contributed by atoms with van der Waals surface area (Å²) in [7, 11) is 0. The Bertz CT molecular complexity index is 638. The summed E-state index contributed by atoms with van der Waals surface area (Å²) in [4.78, 5) is 27.6. The van der Waals surface area contributed by atoms with Crippen molar-refractivity contribution in [3.63, 3.8) is 0 Å². The normalized spacial score (nSPS) is 10.3. The van der Waals surface area contributed by atoms with Gasteiger partial charge in [-0.3, -0.25) is 9.59 Å². The number of aromatic nitrogens is 1. The maximum atomic E-state index is 11.9. The van der Waals surface area contributed by atoms with E-state index < -0.39 is 0 Å². The van der Waals surface area contributed by atoms with E-state index in [9.17, 15) is 9.59 Å². The molecule has 4 nitrogen and oxygen atoms in total. The van der Waals surface area contributed by atoms with Crippen molar-refractivity contribution in [1.29, 1.82) is 0 Å². The maximum Gasteiger partial charge on any atom is 0.234 e. The summed E-state index contributed by atoms with van der Waals surface area (Å²) in [5.74, 6) is 0.0692. The molecule has 0 fully saturated rings. The van der Waals surface area contributed by atoms with E-state index >= 15 is 0 Å². The fourth-order valence-electron chi connectivity index (χ4n) is 1.61. The number of carbonyl (C=O) groups is 2. The highest BCUT2D eigenvalue weighted by molar-refractivity contribution is 8.01. The van der Waals surface area contributed by atoms with Crippen molar-refractivity contribution in [2.45, 2.75) is 18.2 Å². The molecule has 0 aliphatic heterocycles. The second-order valence-electron chi connectivity index (χ2n) is 4.19. The first-order valence-corrected chi connectivity index (χ1v) is 7.87. The molecule has 0 aliphatic rings. The summed E-state index contributed by atoms with van der Waals surface area (Å²) >= 11 is 2.92. The number of aryl methyl sites for hydroxylation is 1. The molecule has 2 rings (SSSR count). The van der Waals surface area contributed by atoms with Gasteiger partial charge in [-0.05, 0) is 26.0 Å². The molecule has 20 heavy (non-hydrogen) atoms. The van der Waals surface area contributed by atoms with Gasteiger partial charge >= 0.3 is 0 Å². The molecule has 1 heterocycles. The molecular formula is C14H14N2O2S2. The number of benzene rings is 1. The van der Waals surface area contributed by atoms with Gasteiger partial charge in [0.1, 0.15) is 0 Å². The Balaban J connectivity index is 1.96. The van der Waals surface area contributed by atoms with Gasteiger partial charge in [-0.15, -0.1) is 11.3 Å². The third-order valence-corrected chi connectivity index (χ3v) is 4.64. The number of thioether (sulfide) groups is 1. The first kappa shape index (κ1) is 14.7. The van der Waals surface area contributed by atoms with Crippen LogP contribution in [0.1, 0.15) is 23.0 Å². The highest BCUT2D eigenvalue weighted by Crippen LogP contribution is 2.23. The van der Waals surface area contributed by atoms with Crippen LogP contribution >= 0.6 is 23.1 Å². The number of anilines is 1. The topological polar surface area (TPSA) is 59.1 Å². The van der Waals surface area contributed by atoms with Crippen LogP contribution in [0.15, 0.2) is 34.0 Å². The van der Waals surface area contributed by atoms with Crippen LogP contribution < -0.4 is 5.32 Å². The van der Waals surface area contributed by atoms with E-state index in [1.807, 2.05) is 12.3 Å². The lowest BCUT2D eigenvalue weighted by atomic mass is 10.1. The maximum absolute atomic E-state index is 11.9. The molecule has 6 heteroatoms. The van der Waals surface area contributed by atoms with Crippen LogP contribution in [0, 0.1) is 6.92 Å². The van der Waals surface area contributed by atoms with Gasteiger partial charge in [0.2, 0.25) is 5.91 Å². The Morgan fingerprint density at radius 1 is 1.35 bits per heavy atom. The van der Waals surface area contributed by atoms with E-state index in [0.29, 0.717) is 11.3 Å². The summed E-state index contributed by atoms with van der Waals surface area (Å²) in [5, 5.41) is 4.71. The molecule has 1 aromatic heterocycles. The number of hydrogen-bond acceptors (Lipinski definition) is 5. The molecule has 0 unspecified atom stereocenters. The fourth-order valence-corrected chi connectivity index (χ4v) is 3.26. The minimum absolute atomic E-state index is 0.0656. The van der Waals surface area contributed by atoms with Crippen molar-refractivity contribution < 1.29 is 9.59 Å². The number of rotatable bonds is 5. The second kappa shape index (κ2) is 6.67. The molecule has 1 amide bonds. The smallest absolute Gasteiger partial charge is 0.234 e. The van der Waals surface area contributed by atoms with Crippen LogP contribution in [0.3, 0.4) is 0 Å². The second-order valence-corrected chi connectivity index (χ2v) is 6.27. The Labute approximate surface area is 125 Å². The fraction of sp³-hybridized carbons (Fsp3) is 0.214. The van der Waals surface area contributed by atoms with Gasteiger partial charge in [0.15, 0.2) is 10.1 Å². The van der Waals surface area contributed by atoms with E-state index in [4.69, 9.17) is 0 Å². The number of nitrogens with zero attached hydrogens (tertiary/aromatic N) is 1. The van der Waals surface area contributed by atoms with Crippen molar-refractivity contribution in [2.24, 2.45) is 0 Å². The molecule has 0 spiro atoms. The predicted octanol–water partition coefficient (Wildman–Crippen LogP) is 3.38. The highest BCUT2D eigenvalue weighted by atomic mass is 32.2. The van der Waals surface area contributed by atoms with Crippen molar-refractivity contribution in [3.8, 4) is 0 Å². The molecule has 104 valence electrons. The van der Waals surface area contributed by atoms with E-state index in [1.54, 1.807) is 24.3 Å². The molecular weight excluding hydrogens is 292 g/mol. The number of Topliss-reactive ketones (excluding diaryl/α,β-unsaturated/α-hetero) is 1. The summed E-state index contributed by atoms with van der Waals surface area (Å²) in [6.45, 7) is 3.40. The quantitative estimate of drug-likeness (QED) is 0.679. The molecule has 0 aliphatic carbocycles. The van der Waals surface area contributed by atoms with E-state index in [-0.39, 0.29) is 17.4 Å². The molecule has 0 saturated heterocycles. The lowest BCUT2D eigenvalue weighted by molar-refractivity contribution is -0.113. The van der Waals surface area contributed by atoms with Crippen LogP contribution in [0.5, 0.6) is 0 Å². The predicted molar refractivity (Wildman–Crippen MR) is 82.7 cm³/mol. The number of nitrogens with one attached hydrogen (secondary N) is 1. The van der Waals surface area contributed by atoms with Gasteiger partial charge in [0, 0.05) is 16.6 Å². The van der Waals surface area contributed by atoms with Gasteiger partial charge in [0.05, 0.1) is 11.4 Å². The van der Waals surface area contributed by atoms with Gasteiger partial charge in [-0.1, -0.05) is 23.9 Å². The third-order valence-electron chi connectivity index (χ3n) is 2.51. The molecule has 0 atom stereocenters. The van der Waals surface area contributed by atoms with E-state index in [2.05, 4.69) is 10.3 Å². The van der Waals surface area contributed by atoms with Crippen LogP contribution in [-0.4, -0.2) is 22.4 Å². The highest BCUT2D eigenvalue weighted by Gasteiger charge is 2.10.